The number of carbonyl (C=O) groups is 3. The van der Waals surface area contributed by atoms with Crippen LogP contribution in [0.2, 0.25) is 0 Å². The van der Waals surface area contributed by atoms with Crippen LogP contribution in [0, 0.1) is 11.8 Å². The second kappa shape index (κ2) is 12.1. The third-order valence-electron chi connectivity index (χ3n) is 4.39. The average Bonchev–Trinajstić information content (AvgIpc) is 2.67. The number of hydrogen-bond acceptors (Lipinski definition) is 4. The Bertz CT molecular complexity index is 592. The quantitative estimate of drug-likeness (QED) is 0.296. The number of amides is 3. The molecule has 7 heteroatoms. The second-order valence-electron chi connectivity index (χ2n) is 7.00. The number of benzene rings is 1. The van der Waals surface area contributed by atoms with Gasteiger partial charge >= 0.3 is 6.03 Å². The number of Topliss-reactive ketones (excluding diaryl/α,β-unsaturated/α-hetero) is 1. The first-order valence-electron chi connectivity index (χ1n) is 9.41. The highest BCUT2D eigenvalue weighted by Gasteiger charge is 2.31. The maximum Gasteiger partial charge on any atom is 0.315 e. The SMILES string of the molecule is CCCC[C@H](CN(O)C=O)C(=O)[C@@H](NC(=O)NCc1ccccc1)C(C)C. The van der Waals surface area contributed by atoms with Crippen molar-refractivity contribution in [3.63, 3.8) is 0 Å². The highest BCUT2D eigenvalue weighted by atomic mass is 16.5. The fourth-order valence-electron chi connectivity index (χ4n) is 2.83. The number of hydrogen-bond donors (Lipinski definition) is 3. The molecule has 0 aromatic heterocycles. The van der Waals surface area contributed by atoms with E-state index in [4.69, 9.17) is 0 Å². The van der Waals surface area contributed by atoms with Crippen LogP contribution in [0.5, 0.6) is 0 Å². The van der Waals surface area contributed by atoms with Crippen LogP contribution in [-0.4, -0.2) is 41.1 Å². The first kappa shape index (κ1) is 22.6. The molecular weight excluding hydrogens is 346 g/mol. The van der Waals surface area contributed by atoms with Crippen LogP contribution in [0.1, 0.15) is 45.6 Å². The minimum Gasteiger partial charge on any atom is -0.334 e. The Morgan fingerprint density at radius 2 is 1.89 bits per heavy atom. The van der Waals surface area contributed by atoms with E-state index in [2.05, 4.69) is 10.6 Å². The molecule has 0 unspecified atom stereocenters. The van der Waals surface area contributed by atoms with Crippen molar-refractivity contribution in [3.05, 3.63) is 35.9 Å². The van der Waals surface area contributed by atoms with Crippen LogP contribution in [0.15, 0.2) is 30.3 Å². The number of nitrogens with one attached hydrogen (secondary N) is 2. The Morgan fingerprint density at radius 3 is 2.44 bits per heavy atom. The molecule has 0 fully saturated rings. The van der Waals surface area contributed by atoms with Crippen molar-refractivity contribution in [1.82, 2.24) is 15.7 Å². The van der Waals surface area contributed by atoms with Gasteiger partial charge in [0.25, 0.3) is 0 Å². The van der Waals surface area contributed by atoms with Gasteiger partial charge in [0.15, 0.2) is 5.78 Å². The number of hydroxylamine groups is 2. The summed E-state index contributed by atoms with van der Waals surface area (Å²) < 4.78 is 0. The maximum absolute atomic E-state index is 13.0. The summed E-state index contributed by atoms with van der Waals surface area (Å²) in [6, 6.07) is 8.38. The largest absolute Gasteiger partial charge is 0.334 e. The van der Waals surface area contributed by atoms with Crippen molar-refractivity contribution >= 4 is 18.2 Å². The summed E-state index contributed by atoms with van der Waals surface area (Å²) in [6.45, 7) is 6.01. The van der Waals surface area contributed by atoms with Crippen molar-refractivity contribution in [1.29, 1.82) is 0 Å². The second-order valence-corrected chi connectivity index (χ2v) is 7.00. The van der Waals surface area contributed by atoms with E-state index < -0.39 is 18.0 Å². The van der Waals surface area contributed by atoms with Crippen LogP contribution in [0.25, 0.3) is 0 Å². The topological polar surface area (TPSA) is 98.7 Å². The average molecular weight is 377 g/mol. The summed E-state index contributed by atoms with van der Waals surface area (Å²) in [4.78, 5) is 35.9. The highest BCUT2D eigenvalue weighted by Crippen LogP contribution is 2.17. The van der Waals surface area contributed by atoms with Crippen LogP contribution in [-0.2, 0) is 16.1 Å². The van der Waals surface area contributed by atoms with Crippen molar-refractivity contribution in [2.45, 2.75) is 52.6 Å². The number of rotatable bonds is 12. The van der Waals surface area contributed by atoms with Gasteiger partial charge in [-0.2, -0.15) is 0 Å². The molecule has 1 rings (SSSR count). The summed E-state index contributed by atoms with van der Waals surface area (Å²) in [6.07, 6.45) is 2.54. The Morgan fingerprint density at radius 1 is 1.22 bits per heavy atom. The minimum atomic E-state index is -0.692. The molecule has 0 aliphatic carbocycles. The molecule has 3 N–H and O–H groups in total. The number of carbonyl (C=O) groups excluding carboxylic acids is 3. The molecular formula is C20H31N3O4. The van der Waals surface area contributed by atoms with E-state index in [0.29, 0.717) is 18.0 Å². The van der Waals surface area contributed by atoms with Crippen LogP contribution in [0.3, 0.4) is 0 Å². The minimum absolute atomic E-state index is 0.0706. The van der Waals surface area contributed by atoms with E-state index >= 15 is 0 Å². The fraction of sp³-hybridized carbons (Fsp3) is 0.550. The monoisotopic (exact) mass is 377 g/mol. The summed E-state index contributed by atoms with van der Waals surface area (Å²) in [5.41, 5.74) is 0.961. The van der Waals surface area contributed by atoms with Crippen molar-refractivity contribution in [2.24, 2.45) is 11.8 Å². The normalized spacial score (nSPS) is 12.9. The van der Waals surface area contributed by atoms with Gasteiger partial charge < -0.3 is 10.6 Å². The van der Waals surface area contributed by atoms with Gasteiger partial charge in [-0.1, -0.05) is 63.9 Å². The molecule has 0 bridgehead atoms. The molecule has 2 atom stereocenters. The molecule has 0 aliphatic rings. The Kier molecular flexibility index (Phi) is 10.1. The van der Waals surface area contributed by atoms with Gasteiger partial charge in [0.2, 0.25) is 6.41 Å². The van der Waals surface area contributed by atoms with Gasteiger partial charge in [0, 0.05) is 12.5 Å². The lowest BCUT2D eigenvalue weighted by Gasteiger charge is -2.27. The smallest absolute Gasteiger partial charge is 0.315 e. The number of ketones is 1. The van der Waals surface area contributed by atoms with E-state index in [1.807, 2.05) is 51.1 Å². The van der Waals surface area contributed by atoms with Crippen LogP contribution < -0.4 is 10.6 Å². The zero-order chi connectivity index (χ0) is 20.2. The molecule has 0 radical (unpaired) electrons. The van der Waals surface area contributed by atoms with Gasteiger partial charge in [-0.15, -0.1) is 0 Å². The third kappa shape index (κ3) is 8.21. The van der Waals surface area contributed by atoms with E-state index in [-0.39, 0.29) is 24.7 Å². The zero-order valence-electron chi connectivity index (χ0n) is 16.4. The van der Waals surface area contributed by atoms with Crippen molar-refractivity contribution in [3.8, 4) is 0 Å². The van der Waals surface area contributed by atoms with E-state index in [1.54, 1.807) is 0 Å². The first-order chi connectivity index (χ1) is 12.9. The number of urea groups is 1. The van der Waals surface area contributed by atoms with Crippen molar-refractivity contribution < 1.29 is 19.6 Å². The molecule has 27 heavy (non-hydrogen) atoms. The predicted molar refractivity (Wildman–Crippen MR) is 103 cm³/mol. The predicted octanol–water partition coefficient (Wildman–Crippen LogP) is 2.73. The van der Waals surface area contributed by atoms with E-state index in [0.717, 1.165) is 18.4 Å². The number of nitrogens with zero attached hydrogens (tertiary/aromatic N) is 1. The molecule has 0 spiro atoms. The first-order valence-corrected chi connectivity index (χ1v) is 9.41. The Balaban J connectivity index is 2.73. The molecule has 7 nitrogen and oxygen atoms in total. The van der Waals surface area contributed by atoms with Crippen LogP contribution in [0.4, 0.5) is 4.79 Å². The van der Waals surface area contributed by atoms with Gasteiger partial charge in [-0.25, -0.2) is 9.86 Å². The Hall–Kier alpha value is -2.41. The summed E-state index contributed by atoms with van der Waals surface area (Å²) in [7, 11) is 0. The zero-order valence-corrected chi connectivity index (χ0v) is 16.4. The van der Waals surface area contributed by atoms with Gasteiger partial charge in [-0.05, 0) is 17.9 Å². The van der Waals surface area contributed by atoms with E-state index in [1.165, 1.54) is 0 Å². The van der Waals surface area contributed by atoms with Gasteiger partial charge in [0.05, 0.1) is 12.6 Å². The molecule has 3 amide bonds. The standard InChI is InChI=1S/C20H31N3O4/c1-4-5-11-17(13-23(27)14-24)19(25)18(15(2)3)22-20(26)21-12-16-9-7-6-8-10-16/h6-10,14-15,17-18,27H,4-5,11-13H2,1-3H3,(H2,21,22,26)/t17-,18+/m1/s1. The molecule has 1 aromatic rings. The lowest BCUT2D eigenvalue weighted by atomic mass is 9.87. The molecule has 0 saturated carbocycles. The lowest BCUT2D eigenvalue weighted by molar-refractivity contribution is -0.154. The molecule has 0 saturated heterocycles. The van der Waals surface area contributed by atoms with Crippen LogP contribution >= 0.6 is 0 Å². The highest BCUT2D eigenvalue weighted by molar-refractivity contribution is 5.90. The Labute approximate surface area is 161 Å². The molecule has 1 aromatic carbocycles. The van der Waals surface area contributed by atoms with Gasteiger partial charge in [-0.3, -0.25) is 14.8 Å². The van der Waals surface area contributed by atoms with Gasteiger partial charge in [0.1, 0.15) is 0 Å². The maximum atomic E-state index is 13.0. The third-order valence-corrected chi connectivity index (χ3v) is 4.39. The summed E-state index contributed by atoms with van der Waals surface area (Å²) in [5.74, 6) is -0.816. The van der Waals surface area contributed by atoms with Crippen molar-refractivity contribution in [2.75, 3.05) is 6.54 Å². The molecule has 0 aliphatic heterocycles. The fourth-order valence-corrected chi connectivity index (χ4v) is 2.83. The number of unbranched alkanes of at least 4 members (excludes halogenated alkanes) is 1. The molecule has 0 heterocycles. The summed E-state index contributed by atoms with van der Waals surface area (Å²) in [5, 5.41) is 15.5. The molecule has 150 valence electrons. The van der Waals surface area contributed by atoms with E-state index in [9.17, 15) is 19.6 Å². The lowest BCUT2D eigenvalue weighted by Crippen LogP contribution is -2.51. The summed E-state index contributed by atoms with van der Waals surface area (Å²) >= 11 is 0.